The number of guanidine groups is 1. The molecule has 6 heteroatoms. The van der Waals surface area contributed by atoms with Gasteiger partial charge in [0.2, 0.25) is 0 Å². The van der Waals surface area contributed by atoms with Crippen LogP contribution in [0.3, 0.4) is 0 Å². The highest BCUT2D eigenvalue weighted by Gasteiger charge is 2.36. The third-order valence-corrected chi connectivity index (χ3v) is 6.05. The van der Waals surface area contributed by atoms with E-state index in [1.165, 1.54) is 12.8 Å². The molecule has 2 fully saturated rings. The quantitative estimate of drug-likeness (QED) is 0.307. The molecular formula is C21H42IN3O2. The van der Waals surface area contributed by atoms with E-state index in [-0.39, 0.29) is 47.0 Å². The molecule has 3 N–H and O–H groups in total. The zero-order chi connectivity index (χ0) is 19.2. The molecule has 0 aromatic heterocycles. The number of nitrogens with zero attached hydrogens (tertiary/aromatic N) is 1. The highest BCUT2D eigenvalue weighted by molar-refractivity contribution is 14.0. The minimum Gasteiger partial charge on any atom is -0.392 e. The average Bonchev–Trinajstić information content (AvgIpc) is 2.60. The fourth-order valence-corrected chi connectivity index (χ4v) is 4.40. The lowest BCUT2D eigenvalue weighted by Gasteiger charge is -2.40. The summed E-state index contributed by atoms with van der Waals surface area (Å²) < 4.78 is 6.10. The van der Waals surface area contributed by atoms with Crippen LogP contribution >= 0.6 is 24.0 Å². The second kappa shape index (κ2) is 11.2. The number of aliphatic hydroxyl groups is 1. The number of aliphatic hydroxyl groups excluding tert-OH is 1. The summed E-state index contributed by atoms with van der Waals surface area (Å²) in [4.78, 5) is 4.82. The fourth-order valence-electron chi connectivity index (χ4n) is 4.40. The van der Waals surface area contributed by atoms with Crippen molar-refractivity contribution < 1.29 is 9.84 Å². The van der Waals surface area contributed by atoms with E-state index in [2.05, 4.69) is 45.3 Å². The fraction of sp³-hybridized carbons (Fsp3) is 0.952. The van der Waals surface area contributed by atoms with Crippen LogP contribution in [-0.4, -0.2) is 49.5 Å². The van der Waals surface area contributed by atoms with Crippen molar-refractivity contribution in [1.82, 2.24) is 10.6 Å². The van der Waals surface area contributed by atoms with E-state index < -0.39 is 0 Å². The summed E-state index contributed by atoms with van der Waals surface area (Å²) in [7, 11) is 0. The van der Waals surface area contributed by atoms with Gasteiger partial charge in [0.15, 0.2) is 5.96 Å². The first-order valence-corrected chi connectivity index (χ1v) is 10.6. The highest BCUT2D eigenvalue weighted by atomic mass is 127. The third-order valence-electron chi connectivity index (χ3n) is 6.05. The number of hydrogen-bond donors (Lipinski definition) is 3. The van der Waals surface area contributed by atoms with Crippen LogP contribution in [0.2, 0.25) is 0 Å². The number of nitrogens with one attached hydrogen (secondary N) is 2. The summed E-state index contributed by atoms with van der Waals surface area (Å²) in [6, 6.07) is 0. The lowest BCUT2D eigenvalue weighted by Crippen LogP contribution is -2.48. The molecule has 160 valence electrons. The Morgan fingerprint density at radius 2 is 1.93 bits per heavy atom. The minimum atomic E-state index is -0.236. The lowest BCUT2D eigenvalue weighted by atomic mass is 9.73. The van der Waals surface area contributed by atoms with Gasteiger partial charge in [-0.15, -0.1) is 24.0 Å². The molecule has 0 bridgehead atoms. The predicted molar refractivity (Wildman–Crippen MR) is 124 cm³/mol. The topological polar surface area (TPSA) is 65.9 Å². The smallest absolute Gasteiger partial charge is 0.191 e. The van der Waals surface area contributed by atoms with Gasteiger partial charge >= 0.3 is 0 Å². The van der Waals surface area contributed by atoms with Gasteiger partial charge in [-0.3, -0.25) is 4.99 Å². The molecule has 0 amide bonds. The second-order valence-corrected chi connectivity index (χ2v) is 9.55. The van der Waals surface area contributed by atoms with E-state index in [0.717, 1.165) is 51.3 Å². The van der Waals surface area contributed by atoms with Crippen LogP contribution in [0, 0.1) is 16.7 Å². The highest BCUT2D eigenvalue weighted by Crippen LogP contribution is 2.36. The average molecular weight is 495 g/mol. The molecule has 1 aliphatic heterocycles. The molecule has 0 radical (unpaired) electrons. The third kappa shape index (κ3) is 7.35. The minimum absolute atomic E-state index is 0. The van der Waals surface area contributed by atoms with Crippen LogP contribution in [0.25, 0.3) is 0 Å². The molecule has 0 aromatic carbocycles. The Bertz CT molecular complexity index is 467. The van der Waals surface area contributed by atoms with E-state index in [1.807, 2.05) is 0 Å². The van der Waals surface area contributed by atoms with Gasteiger partial charge in [-0.1, -0.05) is 40.5 Å². The van der Waals surface area contributed by atoms with Crippen molar-refractivity contribution >= 4 is 29.9 Å². The Morgan fingerprint density at radius 3 is 2.56 bits per heavy atom. The molecule has 0 aromatic rings. The van der Waals surface area contributed by atoms with Gasteiger partial charge in [0.1, 0.15) is 0 Å². The van der Waals surface area contributed by atoms with Crippen molar-refractivity contribution in [2.45, 2.75) is 85.4 Å². The predicted octanol–water partition coefficient (Wildman–Crippen LogP) is 3.94. The van der Waals surface area contributed by atoms with Crippen molar-refractivity contribution in [1.29, 1.82) is 0 Å². The van der Waals surface area contributed by atoms with Gasteiger partial charge in [0.25, 0.3) is 0 Å². The Morgan fingerprint density at radius 1 is 1.19 bits per heavy atom. The molecular weight excluding hydrogens is 453 g/mol. The maximum atomic E-state index is 10.4. The van der Waals surface area contributed by atoms with Crippen LogP contribution in [0.4, 0.5) is 0 Å². The van der Waals surface area contributed by atoms with Crippen molar-refractivity contribution in [3.05, 3.63) is 0 Å². The molecule has 5 nitrogen and oxygen atoms in total. The standard InChI is InChI=1S/C21H41N3O2.HI/c1-6-22-19(24-15-21(5)12-8-7-11-17(21)25)23-14-16-10-9-13-26-18(16)20(2,3)4;/h16-18,25H,6-15H2,1-5H3,(H2,22,23,24);1H. The second-order valence-electron chi connectivity index (χ2n) is 9.55. The Labute approximate surface area is 183 Å². The number of aliphatic imine (C=N–C) groups is 1. The zero-order valence-corrected chi connectivity index (χ0v) is 20.3. The molecule has 2 rings (SSSR count). The van der Waals surface area contributed by atoms with Crippen LogP contribution < -0.4 is 10.6 Å². The lowest BCUT2D eigenvalue weighted by molar-refractivity contribution is -0.0835. The first-order chi connectivity index (χ1) is 12.3. The molecule has 0 spiro atoms. The van der Waals surface area contributed by atoms with Crippen LogP contribution in [0.1, 0.15) is 73.1 Å². The summed E-state index contributed by atoms with van der Waals surface area (Å²) in [6.07, 6.45) is 6.67. The van der Waals surface area contributed by atoms with Crippen LogP contribution in [0.15, 0.2) is 4.99 Å². The molecule has 27 heavy (non-hydrogen) atoms. The SMILES string of the molecule is CCNC(=NCC1(C)CCCCC1O)NCC1CCCOC1C(C)(C)C.I. The van der Waals surface area contributed by atoms with Gasteiger partial charge in [-0.2, -0.15) is 0 Å². The maximum absolute atomic E-state index is 10.4. The Balaban J connectivity index is 0.00000364. The molecule has 1 saturated heterocycles. The number of ether oxygens (including phenoxy) is 1. The van der Waals surface area contributed by atoms with Crippen LogP contribution in [-0.2, 0) is 4.74 Å². The molecule has 1 saturated carbocycles. The Kier molecular flexibility index (Phi) is 10.3. The molecule has 1 heterocycles. The summed E-state index contributed by atoms with van der Waals surface area (Å²) >= 11 is 0. The summed E-state index contributed by atoms with van der Waals surface area (Å²) in [5, 5.41) is 17.3. The largest absolute Gasteiger partial charge is 0.392 e. The van der Waals surface area contributed by atoms with E-state index >= 15 is 0 Å². The summed E-state index contributed by atoms with van der Waals surface area (Å²) in [6.45, 7) is 14.3. The van der Waals surface area contributed by atoms with Gasteiger partial charge in [-0.05, 0) is 38.0 Å². The first kappa shape index (κ1) is 25.0. The van der Waals surface area contributed by atoms with E-state index in [0.29, 0.717) is 12.5 Å². The normalized spacial score (nSPS) is 32.5. The van der Waals surface area contributed by atoms with E-state index in [1.54, 1.807) is 0 Å². The molecule has 1 aliphatic carbocycles. The van der Waals surface area contributed by atoms with E-state index in [4.69, 9.17) is 9.73 Å². The van der Waals surface area contributed by atoms with Gasteiger partial charge in [-0.25, -0.2) is 0 Å². The first-order valence-electron chi connectivity index (χ1n) is 10.6. The summed E-state index contributed by atoms with van der Waals surface area (Å²) in [5.41, 5.74) is 0.0600. The van der Waals surface area contributed by atoms with Crippen molar-refractivity contribution in [3.8, 4) is 0 Å². The van der Waals surface area contributed by atoms with Gasteiger partial charge < -0.3 is 20.5 Å². The number of rotatable bonds is 5. The zero-order valence-electron chi connectivity index (χ0n) is 18.0. The van der Waals surface area contributed by atoms with Gasteiger partial charge in [0.05, 0.1) is 18.8 Å². The molecule has 2 aliphatic rings. The van der Waals surface area contributed by atoms with E-state index in [9.17, 15) is 5.11 Å². The Hall–Kier alpha value is -0.0800. The van der Waals surface area contributed by atoms with Crippen molar-refractivity contribution in [2.75, 3.05) is 26.2 Å². The van der Waals surface area contributed by atoms with Gasteiger partial charge in [0, 0.05) is 31.0 Å². The molecule has 4 unspecified atom stereocenters. The number of hydrogen-bond acceptors (Lipinski definition) is 3. The summed E-state index contributed by atoms with van der Waals surface area (Å²) in [5.74, 6) is 1.37. The monoisotopic (exact) mass is 495 g/mol. The van der Waals surface area contributed by atoms with Crippen molar-refractivity contribution in [2.24, 2.45) is 21.7 Å². The number of halogens is 1. The maximum Gasteiger partial charge on any atom is 0.191 e. The van der Waals surface area contributed by atoms with Crippen LogP contribution in [0.5, 0.6) is 0 Å². The van der Waals surface area contributed by atoms with Crippen molar-refractivity contribution in [3.63, 3.8) is 0 Å². The molecule has 4 atom stereocenters.